The molecule has 0 aliphatic heterocycles. The predicted octanol–water partition coefficient (Wildman–Crippen LogP) is 6.18. The number of fused-ring (bicyclic) bond motifs is 3. The number of hydrogen-bond acceptors (Lipinski definition) is 5. The fourth-order valence-corrected chi connectivity index (χ4v) is 4.30. The molecule has 0 spiro atoms. The molecule has 3 aromatic heterocycles. The summed E-state index contributed by atoms with van der Waals surface area (Å²) in [6, 6.07) is 16.7. The number of H-pyrrole nitrogens is 2. The second kappa shape index (κ2) is 8.31. The Bertz CT molecular complexity index is 1660. The smallest absolute Gasteiger partial charge is 0.229 e. The summed E-state index contributed by atoms with van der Waals surface area (Å²) in [5.74, 6) is 0.483. The molecule has 3 aromatic carbocycles. The molecule has 0 aliphatic carbocycles. The number of nitrogens with zero attached hydrogens (tertiary/aromatic N) is 3. The molecule has 0 fully saturated rings. The number of rotatable bonds is 6. The van der Waals surface area contributed by atoms with Crippen LogP contribution in [0.3, 0.4) is 0 Å². The fourth-order valence-electron chi connectivity index (χ4n) is 4.13. The van der Waals surface area contributed by atoms with Crippen LogP contribution in [0.2, 0.25) is 5.02 Å². The Morgan fingerprint density at radius 3 is 2.82 bits per heavy atom. The summed E-state index contributed by atoms with van der Waals surface area (Å²) >= 11 is 6.24. The van der Waals surface area contributed by atoms with Gasteiger partial charge in [-0.25, -0.2) is 9.37 Å². The average molecular weight is 472 g/mol. The van der Waals surface area contributed by atoms with Gasteiger partial charge in [-0.1, -0.05) is 29.8 Å². The molecule has 0 amide bonds. The van der Waals surface area contributed by atoms with Crippen LogP contribution in [0, 0.1) is 5.82 Å². The number of para-hydroxylation sites is 1. The van der Waals surface area contributed by atoms with Gasteiger partial charge in [-0.3, -0.25) is 5.10 Å². The molecule has 34 heavy (non-hydrogen) atoms. The van der Waals surface area contributed by atoms with Gasteiger partial charge >= 0.3 is 0 Å². The van der Waals surface area contributed by atoms with E-state index in [-0.39, 0.29) is 11.6 Å². The van der Waals surface area contributed by atoms with E-state index in [1.807, 2.05) is 30.5 Å². The van der Waals surface area contributed by atoms with Crippen molar-refractivity contribution in [1.82, 2.24) is 25.1 Å². The van der Waals surface area contributed by atoms with Crippen LogP contribution >= 0.6 is 11.6 Å². The Morgan fingerprint density at radius 2 is 1.88 bits per heavy atom. The molecule has 0 saturated heterocycles. The first-order chi connectivity index (χ1) is 16.6. The third kappa shape index (κ3) is 3.78. The normalized spacial score (nSPS) is 11.5. The first kappa shape index (κ1) is 20.4. The van der Waals surface area contributed by atoms with Crippen molar-refractivity contribution < 1.29 is 4.39 Å². The van der Waals surface area contributed by atoms with Crippen molar-refractivity contribution in [3.63, 3.8) is 0 Å². The molecule has 9 heteroatoms. The van der Waals surface area contributed by atoms with Gasteiger partial charge in [0, 0.05) is 45.5 Å². The van der Waals surface area contributed by atoms with Crippen molar-refractivity contribution in [2.24, 2.45) is 0 Å². The van der Waals surface area contributed by atoms with E-state index in [1.165, 1.54) is 17.0 Å². The zero-order chi connectivity index (χ0) is 23.1. The van der Waals surface area contributed by atoms with Crippen molar-refractivity contribution in [3.8, 4) is 0 Å². The molecule has 3 heterocycles. The Labute approximate surface area is 198 Å². The van der Waals surface area contributed by atoms with Gasteiger partial charge in [0.25, 0.3) is 0 Å². The predicted molar refractivity (Wildman–Crippen MR) is 134 cm³/mol. The van der Waals surface area contributed by atoms with Gasteiger partial charge < -0.3 is 15.6 Å². The molecule has 6 aromatic rings. The molecule has 0 unspecified atom stereocenters. The highest BCUT2D eigenvalue weighted by Gasteiger charge is 2.12. The second-order valence-corrected chi connectivity index (χ2v) is 8.44. The van der Waals surface area contributed by atoms with Gasteiger partial charge in [0.15, 0.2) is 0 Å². The van der Waals surface area contributed by atoms with E-state index < -0.39 is 5.82 Å². The Hall–Kier alpha value is -4.17. The van der Waals surface area contributed by atoms with Gasteiger partial charge in [-0.2, -0.15) is 10.1 Å². The minimum Gasteiger partial charge on any atom is -0.369 e. The number of aromatic nitrogens is 5. The van der Waals surface area contributed by atoms with E-state index in [0.29, 0.717) is 28.4 Å². The Balaban J connectivity index is 1.31. The van der Waals surface area contributed by atoms with E-state index in [2.05, 4.69) is 47.9 Å². The van der Waals surface area contributed by atoms with Gasteiger partial charge in [-0.05, 0) is 42.3 Å². The van der Waals surface area contributed by atoms with Crippen LogP contribution in [-0.2, 0) is 6.42 Å². The Kier molecular flexibility index (Phi) is 5.00. The number of aromatic amines is 2. The maximum atomic E-state index is 14.6. The van der Waals surface area contributed by atoms with Crippen molar-refractivity contribution >= 4 is 61.8 Å². The first-order valence-electron chi connectivity index (χ1n) is 10.8. The summed E-state index contributed by atoms with van der Waals surface area (Å²) < 4.78 is 14.6. The van der Waals surface area contributed by atoms with Crippen molar-refractivity contribution in [2.45, 2.75) is 6.42 Å². The van der Waals surface area contributed by atoms with Crippen molar-refractivity contribution in [2.75, 3.05) is 17.2 Å². The van der Waals surface area contributed by atoms with Crippen molar-refractivity contribution in [1.29, 1.82) is 0 Å². The quantitative estimate of drug-likeness (QED) is 0.233. The Morgan fingerprint density at radius 1 is 0.971 bits per heavy atom. The molecule has 0 atom stereocenters. The third-order valence-electron chi connectivity index (χ3n) is 5.79. The summed E-state index contributed by atoms with van der Waals surface area (Å²) in [6.07, 6.45) is 4.47. The topological polar surface area (TPSA) is 94.3 Å². The number of halogens is 2. The zero-order valence-electron chi connectivity index (χ0n) is 17.9. The maximum Gasteiger partial charge on any atom is 0.229 e. The summed E-state index contributed by atoms with van der Waals surface area (Å²) in [5, 5.41) is 16.5. The van der Waals surface area contributed by atoms with Crippen LogP contribution in [0.4, 0.5) is 21.8 Å². The number of anilines is 3. The zero-order valence-corrected chi connectivity index (χ0v) is 18.6. The molecule has 0 saturated carbocycles. The highest BCUT2D eigenvalue weighted by atomic mass is 35.5. The minimum atomic E-state index is -0.426. The lowest BCUT2D eigenvalue weighted by Crippen LogP contribution is -2.09. The standard InChI is InChI=1S/C25H19ClFN7/c26-16-5-6-21-18(10-16)24(28-8-7-14-12-29-20-4-2-1-3-17(14)20)33-25(31-21)32-23-9-15-13-30-34-22(15)11-19(23)27/h1-6,9-13,29H,7-8H2,(H,30,34)(H2,28,31,32,33). The lowest BCUT2D eigenvalue weighted by atomic mass is 10.1. The molecule has 0 bridgehead atoms. The number of benzene rings is 3. The lowest BCUT2D eigenvalue weighted by Gasteiger charge is -2.13. The highest BCUT2D eigenvalue weighted by Crippen LogP contribution is 2.29. The molecule has 4 N–H and O–H groups in total. The summed E-state index contributed by atoms with van der Waals surface area (Å²) in [7, 11) is 0. The van der Waals surface area contributed by atoms with Crippen molar-refractivity contribution in [3.05, 3.63) is 83.4 Å². The molecule has 168 valence electrons. The average Bonchev–Trinajstić information content (AvgIpc) is 3.46. The minimum absolute atomic E-state index is 0.270. The molecular formula is C25H19ClFN7. The first-order valence-corrected chi connectivity index (χ1v) is 11.2. The summed E-state index contributed by atoms with van der Waals surface area (Å²) in [4.78, 5) is 12.5. The molecule has 7 nitrogen and oxygen atoms in total. The van der Waals surface area contributed by atoms with Gasteiger partial charge in [0.1, 0.15) is 11.6 Å². The van der Waals surface area contributed by atoms with E-state index >= 15 is 0 Å². The summed E-state index contributed by atoms with van der Waals surface area (Å²) in [5.41, 5.74) is 3.92. The molecule has 0 aliphatic rings. The van der Waals surface area contributed by atoms with Crippen LogP contribution in [0.1, 0.15) is 5.56 Å². The van der Waals surface area contributed by atoms with Gasteiger partial charge in [-0.15, -0.1) is 0 Å². The molecular weight excluding hydrogens is 453 g/mol. The fraction of sp³-hybridized carbons (Fsp3) is 0.0800. The van der Waals surface area contributed by atoms with Gasteiger partial charge in [0.05, 0.1) is 22.9 Å². The highest BCUT2D eigenvalue weighted by molar-refractivity contribution is 6.31. The van der Waals surface area contributed by atoms with Gasteiger partial charge in [0.2, 0.25) is 5.95 Å². The lowest BCUT2D eigenvalue weighted by molar-refractivity contribution is 0.633. The SMILES string of the molecule is Fc1cc2[nH]ncc2cc1Nc1nc(NCCc2c[nH]c3ccccc23)c2cc(Cl)ccc2n1. The molecule has 6 rings (SSSR count). The van der Waals surface area contributed by atoms with E-state index in [9.17, 15) is 4.39 Å². The number of hydrogen-bond donors (Lipinski definition) is 4. The van der Waals surface area contributed by atoms with E-state index in [0.717, 1.165) is 22.7 Å². The largest absolute Gasteiger partial charge is 0.369 e. The van der Waals surface area contributed by atoms with Crippen LogP contribution in [-0.4, -0.2) is 31.7 Å². The van der Waals surface area contributed by atoms with Crippen LogP contribution in [0.5, 0.6) is 0 Å². The maximum absolute atomic E-state index is 14.6. The van der Waals surface area contributed by atoms with Crippen LogP contribution in [0.25, 0.3) is 32.7 Å². The molecule has 0 radical (unpaired) electrons. The van der Waals surface area contributed by atoms with E-state index in [1.54, 1.807) is 18.3 Å². The van der Waals surface area contributed by atoms with Crippen LogP contribution in [0.15, 0.2) is 67.0 Å². The van der Waals surface area contributed by atoms with E-state index in [4.69, 9.17) is 11.6 Å². The number of nitrogens with one attached hydrogen (secondary N) is 4. The monoisotopic (exact) mass is 471 g/mol. The second-order valence-electron chi connectivity index (χ2n) is 8.01. The third-order valence-corrected chi connectivity index (χ3v) is 6.03. The van der Waals surface area contributed by atoms with Crippen LogP contribution < -0.4 is 10.6 Å². The summed E-state index contributed by atoms with van der Waals surface area (Å²) in [6.45, 7) is 0.648.